The minimum Gasteiger partial charge on any atom is -0.466 e. The molecule has 3 saturated carbocycles. The molecule has 4 rings (SSSR count). The lowest BCUT2D eigenvalue weighted by molar-refractivity contribution is -0.196. The molecule has 0 heterocycles. The lowest BCUT2D eigenvalue weighted by atomic mass is 9.46. The van der Waals surface area contributed by atoms with Gasteiger partial charge in [0.1, 0.15) is 5.60 Å². The first-order chi connectivity index (χ1) is 16.5. The van der Waals surface area contributed by atoms with Crippen molar-refractivity contribution < 1.29 is 24.2 Å². The molecule has 4 aliphatic carbocycles. The fourth-order valence-corrected chi connectivity index (χ4v) is 9.99. The predicted molar refractivity (Wildman–Crippen MR) is 146 cm³/mol. The second kappa shape index (κ2) is 9.20. The van der Waals surface area contributed by atoms with E-state index in [0.717, 1.165) is 38.5 Å². The van der Waals surface area contributed by atoms with Crippen molar-refractivity contribution in [3.63, 3.8) is 0 Å². The van der Waals surface area contributed by atoms with E-state index in [9.17, 15) is 15.0 Å². The van der Waals surface area contributed by atoms with Crippen LogP contribution in [0.15, 0.2) is 11.6 Å². The fraction of sp³-hybridized carbons (Fsp3) is 0.900. The lowest BCUT2D eigenvalue weighted by Gasteiger charge is -2.59. The molecule has 0 amide bonds. The molecule has 0 aromatic rings. The largest absolute Gasteiger partial charge is 0.466 e. The van der Waals surface area contributed by atoms with Crippen LogP contribution in [0.3, 0.4) is 0 Å². The van der Waals surface area contributed by atoms with Crippen LogP contribution in [0.5, 0.6) is 0 Å². The van der Waals surface area contributed by atoms with Crippen LogP contribution in [0.25, 0.3) is 0 Å². The molecule has 0 spiro atoms. The molecular weight excluding hydrogens is 468 g/mol. The summed E-state index contributed by atoms with van der Waals surface area (Å²) in [5, 5.41) is 23.5. The summed E-state index contributed by atoms with van der Waals surface area (Å²) >= 11 is 0. The number of fused-ring (bicyclic) bond motifs is 5. The van der Waals surface area contributed by atoms with Gasteiger partial charge in [0, 0.05) is 11.5 Å². The highest BCUT2D eigenvalue weighted by Gasteiger charge is 2.69. The molecule has 3 fully saturated rings. The summed E-state index contributed by atoms with van der Waals surface area (Å²) in [6.45, 7) is 20.1. The quantitative estimate of drug-likeness (QED) is 0.255. The van der Waals surface area contributed by atoms with Crippen LogP contribution in [0.4, 0.5) is 0 Å². The zero-order valence-electron chi connectivity index (χ0n) is 24.3. The minimum atomic E-state index is -1.81. The average Bonchev–Trinajstić information content (AvgIpc) is 2.99. The Morgan fingerprint density at radius 3 is 2.47 bits per heavy atom. The van der Waals surface area contributed by atoms with E-state index in [2.05, 4.69) is 53.8 Å². The predicted octanol–water partition coefficient (Wildman–Crippen LogP) is 6.24. The van der Waals surface area contributed by atoms with Crippen molar-refractivity contribution in [1.82, 2.24) is 0 Å². The number of allylic oxidation sites excluding steroid dienone is 1. The maximum Gasteiger partial charge on any atom is 0.311 e. The standard InChI is InChI=1S/C30H52O5Si/c1-10-34-26(32)19(2)30(33)25(31)18-24-22-12-11-20-17-21(35-36(8,9)27(3,4)5)13-15-28(20,6)23(22)14-16-29(24,30)7/h11,19,21-25,31,33H,10,12-18H2,1-9H3/t19-,21+,22-,23+,24+,25+,28+,29+,30-/m1/s1. The molecule has 4 aliphatic rings. The van der Waals surface area contributed by atoms with Gasteiger partial charge >= 0.3 is 5.97 Å². The number of hydrogen-bond donors (Lipinski definition) is 2. The molecule has 0 aromatic heterocycles. The summed E-state index contributed by atoms with van der Waals surface area (Å²) in [4.78, 5) is 12.7. The van der Waals surface area contributed by atoms with Crippen LogP contribution in [0.1, 0.15) is 93.4 Å². The second-order valence-corrected chi connectivity index (χ2v) is 19.3. The molecule has 0 aromatic carbocycles. The maximum absolute atomic E-state index is 12.7. The number of aliphatic hydroxyl groups excluding tert-OH is 1. The first-order valence-electron chi connectivity index (χ1n) is 14.5. The van der Waals surface area contributed by atoms with Crippen LogP contribution in [0.2, 0.25) is 18.1 Å². The number of carbonyl (C=O) groups is 1. The first-order valence-corrected chi connectivity index (χ1v) is 17.4. The summed E-state index contributed by atoms with van der Waals surface area (Å²) in [7, 11) is -1.81. The van der Waals surface area contributed by atoms with Gasteiger partial charge in [-0.3, -0.25) is 4.79 Å². The van der Waals surface area contributed by atoms with Crippen molar-refractivity contribution in [2.45, 2.75) is 129 Å². The van der Waals surface area contributed by atoms with E-state index >= 15 is 0 Å². The highest BCUT2D eigenvalue weighted by molar-refractivity contribution is 6.74. The van der Waals surface area contributed by atoms with Crippen LogP contribution in [-0.2, 0) is 14.0 Å². The molecule has 36 heavy (non-hydrogen) atoms. The molecule has 0 saturated heterocycles. The molecule has 0 radical (unpaired) electrons. The van der Waals surface area contributed by atoms with E-state index in [1.807, 2.05) is 0 Å². The Bertz CT molecular complexity index is 892. The van der Waals surface area contributed by atoms with E-state index in [1.165, 1.54) is 0 Å². The Morgan fingerprint density at radius 2 is 1.86 bits per heavy atom. The Labute approximate surface area is 220 Å². The molecule has 206 valence electrons. The monoisotopic (exact) mass is 520 g/mol. The van der Waals surface area contributed by atoms with Crippen LogP contribution in [0, 0.1) is 34.5 Å². The van der Waals surface area contributed by atoms with Gasteiger partial charge < -0.3 is 19.4 Å². The third-order valence-corrected chi connectivity index (χ3v) is 16.5. The van der Waals surface area contributed by atoms with Crippen molar-refractivity contribution in [3.05, 3.63) is 11.6 Å². The summed E-state index contributed by atoms with van der Waals surface area (Å²) in [6, 6.07) is 0. The van der Waals surface area contributed by atoms with E-state index in [4.69, 9.17) is 9.16 Å². The molecule has 2 N–H and O–H groups in total. The van der Waals surface area contributed by atoms with Crippen LogP contribution >= 0.6 is 0 Å². The lowest BCUT2D eigenvalue weighted by Crippen LogP contribution is -2.60. The Balaban J connectivity index is 1.57. The highest BCUT2D eigenvalue weighted by atomic mass is 28.4. The first kappa shape index (κ1) is 28.3. The van der Waals surface area contributed by atoms with Gasteiger partial charge in [-0.25, -0.2) is 0 Å². The number of rotatable bonds is 5. The topological polar surface area (TPSA) is 76.0 Å². The molecule has 5 nitrogen and oxygen atoms in total. The van der Waals surface area contributed by atoms with Gasteiger partial charge in [0.15, 0.2) is 8.32 Å². The number of ether oxygens (including phenoxy) is 1. The summed E-state index contributed by atoms with van der Waals surface area (Å²) in [5.41, 5.74) is -0.204. The normalized spacial score (nSPS) is 43.6. The van der Waals surface area contributed by atoms with E-state index < -0.39 is 37.3 Å². The Kier molecular flexibility index (Phi) is 7.24. The molecule has 0 unspecified atom stereocenters. The van der Waals surface area contributed by atoms with E-state index in [-0.39, 0.29) is 23.0 Å². The molecule has 6 heteroatoms. The molecule has 0 aliphatic heterocycles. The van der Waals surface area contributed by atoms with Crippen LogP contribution in [-0.4, -0.2) is 48.9 Å². The van der Waals surface area contributed by atoms with Crippen LogP contribution < -0.4 is 0 Å². The minimum absolute atomic E-state index is 0.163. The van der Waals surface area contributed by atoms with Gasteiger partial charge in [0.05, 0.1) is 18.6 Å². The van der Waals surface area contributed by atoms with E-state index in [1.54, 1.807) is 19.4 Å². The van der Waals surface area contributed by atoms with Crippen molar-refractivity contribution in [3.8, 4) is 0 Å². The third kappa shape index (κ3) is 4.08. The van der Waals surface area contributed by atoms with Gasteiger partial charge in [-0.05, 0) is 100 Å². The highest BCUT2D eigenvalue weighted by Crippen LogP contribution is 2.68. The molecule has 9 atom stereocenters. The van der Waals surface area contributed by atoms with Gasteiger partial charge in [-0.1, -0.05) is 46.3 Å². The molecular formula is C30H52O5Si. The number of aliphatic hydroxyl groups is 2. The Hall–Kier alpha value is -0.693. The van der Waals surface area contributed by atoms with Gasteiger partial charge in [-0.2, -0.15) is 0 Å². The van der Waals surface area contributed by atoms with Crippen molar-refractivity contribution in [2.24, 2.45) is 34.5 Å². The zero-order chi connectivity index (χ0) is 26.9. The van der Waals surface area contributed by atoms with Crippen molar-refractivity contribution in [2.75, 3.05) is 6.61 Å². The summed E-state index contributed by atoms with van der Waals surface area (Å²) in [6.07, 6.45) is 8.64. The SMILES string of the molecule is CCOC(=O)[C@@H](C)[C@@]1(O)[C@@H](O)C[C@H]2[C@@H]3CC=C4C[C@@H](O[Si](C)(C)C(C)(C)C)CC[C@]4(C)[C@H]3CC[C@@]21C. The number of hydrogen-bond acceptors (Lipinski definition) is 5. The van der Waals surface area contributed by atoms with E-state index in [0.29, 0.717) is 24.4 Å². The summed E-state index contributed by atoms with van der Waals surface area (Å²) < 4.78 is 12.1. The summed E-state index contributed by atoms with van der Waals surface area (Å²) in [5.74, 6) is 0.0299. The third-order valence-electron chi connectivity index (χ3n) is 11.9. The van der Waals surface area contributed by atoms with Gasteiger partial charge in [0.2, 0.25) is 0 Å². The Morgan fingerprint density at radius 1 is 1.19 bits per heavy atom. The zero-order valence-corrected chi connectivity index (χ0v) is 25.3. The van der Waals surface area contributed by atoms with Gasteiger partial charge in [0.25, 0.3) is 0 Å². The number of carbonyl (C=O) groups excluding carboxylic acids is 1. The van der Waals surface area contributed by atoms with Crippen molar-refractivity contribution in [1.29, 1.82) is 0 Å². The second-order valence-electron chi connectivity index (χ2n) is 14.5. The fourth-order valence-electron chi connectivity index (χ4n) is 8.60. The maximum atomic E-state index is 12.7. The number of esters is 1. The van der Waals surface area contributed by atoms with Gasteiger partial charge in [-0.15, -0.1) is 0 Å². The van der Waals surface area contributed by atoms with Crippen molar-refractivity contribution >= 4 is 14.3 Å². The average molecular weight is 521 g/mol. The molecule has 0 bridgehead atoms. The smallest absolute Gasteiger partial charge is 0.311 e.